The molecule has 1 saturated heterocycles. The maximum Gasteiger partial charge on any atom is 0.244 e. The van der Waals surface area contributed by atoms with Gasteiger partial charge in [-0.05, 0) is 50.8 Å². The third-order valence-corrected chi connectivity index (χ3v) is 4.45. The van der Waals surface area contributed by atoms with Gasteiger partial charge in [-0.1, -0.05) is 17.3 Å². The van der Waals surface area contributed by atoms with Crippen molar-refractivity contribution in [2.45, 2.75) is 51.3 Å². The standard InChI is InChI=1S/C17H22FN3O2/c1-11(6-7-13-4-3-5-14(18)8-13)21-10-15(22)9-16(21)17-19-12(2)20-23-17/h3-5,8,11,15-16,22H,6-7,9-10H2,1-2H3/t11-,15+,16+/m0/s1. The second-order valence-electron chi connectivity index (χ2n) is 6.30. The van der Waals surface area contributed by atoms with Gasteiger partial charge in [0, 0.05) is 12.6 Å². The quantitative estimate of drug-likeness (QED) is 0.918. The summed E-state index contributed by atoms with van der Waals surface area (Å²) in [7, 11) is 0. The monoisotopic (exact) mass is 319 g/mol. The van der Waals surface area contributed by atoms with Gasteiger partial charge in [-0.3, -0.25) is 4.90 Å². The third-order valence-electron chi connectivity index (χ3n) is 4.45. The zero-order chi connectivity index (χ0) is 16.4. The molecule has 1 aromatic carbocycles. The van der Waals surface area contributed by atoms with Gasteiger partial charge in [0.25, 0.3) is 0 Å². The molecule has 1 aliphatic heterocycles. The van der Waals surface area contributed by atoms with Gasteiger partial charge in [0.05, 0.1) is 12.1 Å². The molecule has 0 spiro atoms. The molecule has 1 fully saturated rings. The molecule has 1 aromatic heterocycles. The van der Waals surface area contributed by atoms with E-state index in [4.69, 9.17) is 4.52 Å². The van der Waals surface area contributed by atoms with Crippen molar-refractivity contribution in [3.05, 3.63) is 47.4 Å². The van der Waals surface area contributed by atoms with Gasteiger partial charge in [-0.2, -0.15) is 4.98 Å². The van der Waals surface area contributed by atoms with E-state index in [9.17, 15) is 9.50 Å². The molecule has 0 unspecified atom stereocenters. The minimum absolute atomic E-state index is 0.0475. The van der Waals surface area contributed by atoms with Gasteiger partial charge in [0.15, 0.2) is 5.82 Å². The Bertz CT molecular complexity index is 661. The summed E-state index contributed by atoms with van der Waals surface area (Å²) < 4.78 is 18.6. The normalized spacial score (nSPS) is 23.3. The zero-order valence-corrected chi connectivity index (χ0v) is 13.4. The van der Waals surface area contributed by atoms with E-state index in [1.807, 2.05) is 6.07 Å². The van der Waals surface area contributed by atoms with E-state index in [0.29, 0.717) is 24.7 Å². The number of hydrogen-bond donors (Lipinski definition) is 1. The van der Waals surface area contributed by atoms with Crippen molar-refractivity contribution >= 4 is 0 Å². The Morgan fingerprint density at radius 3 is 3.00 bits per heavy atom. The van der Waals surface area contributed by atoms with Gasteiger partial charge < -0.3 is 9.63 Å². The van der Waals surface area contributed by atoms with E-state index in [-0.39, 0.29) is 24.0 Å². The van der Waals surface area contributed by atoms with Crippen LogP contribution in [0.1, 0.15) is 43.1 Å². The topological polar surface area (TPSA) is 62.4 Å². The summed E-state index contributed by atoms with van der Waals surface area (Å²) in [6, 6.07) is 6.88. The summed E-state index contributed by atoms with van der Waals surface area (Å²) in [6.45, 7) is 4.50. The number of nitrogens with zero attached hydrogens (tertiary/aromatic N) is 3. The number of aliphatic hydroxyl groups is 1. The van der Waals surface area contributed by atoms with E-state index < -0.39 is 0 Å². The fourth-order valence-electron chi connectivity index (χ4n) is 3.25. The average molecular weight is 319 g/mol. The molecule has 2 aromatic rings. The molecule has 23 heavy (non-hydrogen) atoms. The number of likely N-dealkylation sites (tertiary alicyclic amines) is 1. The number of aliphatic hydroxyl groups excluding tert-OH is 1. The summed E-state index contributed by atoms with van der Waals surface area (Å²) in [6.07, 6.45) is 1.89. The minimum Gasteiger partial charge on any atom is -0.392 e. The molecule has 3 rings (SSSR count). The molecule has 0 aliphatic carbocycles. The largest absolute Gasteiger partial charge is 0.392 e. The van der Waals surface area contributed by atoms with E-state index in [1.165, 1.54) is 6.07 Å². The van der Waals surface area contributed by atoms with Gasteiger partial charge >= 0.3 is 0 Å². The number of benzene rings is 1. The molecule has 0 bridgehead atoms. The molecule has 5 nitrogen and oxygen atoms in total. The van der Waals surface area contributed by atoms with E-state index >= 15 is 0 Å². The van der Waals surface area contributed by atoms with Crippen LogP contribution in [0.15, 0.2) is 28.8 Å². The van der Waals surface area contributed by atoms with Gasteiger partial charge in [0.2, 0.25) is 5.89 Å². The van der Waals surface area contributed by atoms with Crippen molar-refractivity contribution in [1.29, 1.82) is 0 Å². The van der Waals surface area contributed by atoms with E-state index in [1.54, 1.807) is 19.1 Å². The number of hydrogen-bond acceptors (Lipinski definition) is 5. The van der Waals surface area contributed by atoms with Crippen LogP contribution >= 0.6 is 0 Å². The number of rotatable bonds is 5. The molecule has 1 aliphatic rings. The van der Waals surface area contributed by atoms with Crippen LogP contribution < -0.4 is 0 Å². The predicted octanol–water partition coefficient (Wildman–Crippen LogP) is 2.65. The van der Waals surface area contributed by atoms with Crippen LogP contribution in [0.2, 0.25) is 0 Å². The van der Waals surface area contributed by atoms with Crippen molar-refractivity contribution in [3.63, 3.8) is 0 Å². The lowest BCUT2D eigenvalue weighted by atomic mass is 10.0. The number of aryl methyl sites for hydroxylation is 2. The van der Waals surface area contributed by atoms with Crippen molar-refractivity contribution in [2.75, 3.05) is 6.54 Å². The second-order valence-corrected chi connectivity index (χ2v) is 6.30. The lowest BCUT2D eigenvalue weighted by Crippen LogP contribution is -2.34. The highest BCUT2D eigenvalue weighted by Crippen LogP contribution is 2.33. The Morgan fingerprint density at radius 2 is 2.30 bits per heavy atom. The first-order valence-corrected chi connectivity index (χ1v) is 8.01. The lowest BCUT2D eigenvalue weighted by molar-refractivity contribution is 0.138. The molecule has 0 radical (unpaired) electrons. The zero-order valence-electron chi connectivity index (χ0n) is 13.4. The summed E-state index contributed by atoms with van der Waals surface area (Å²) in [5.74, 6) is 0.969. The van der Waals surface area contributed by atoms with Crippen molar-refractivity contribution in [1.82, 2.24) is 15.0 Å². The van der Waals surface area contributed by atoms with Crippen LogP contribution in [0.4, 0.5) is 4.39 Å². The molecule has 0 amide bonds. The molecule has 1 N–H and O–H groups in total. The Kier molecular flexibility index (Phi) is 4.73. The van der Waals surface area contributed by atoms with Gasteiger partial charge in [-0.25, -0.2) is 4.39 Å². The Morgan fingerprint density at radius 1 is 1.48 bits per heavy atom. The second kappa shape index (κ2) is 6.76. The fraction of sp³-hybridized carbons (Fsp3) is 0.529. The molecular weight excluding hydrogens is 297 g/mol. The SMILES string of the molecule is Cc1noc([C@H]2C[C@@H](O)CN2[C@@H](C)CCc2cccc(F)c2)n1. The summed E-state index contributed by atoms with van der Waals surface area (Å²) in [5.41, 5.74) is 0.988. The first kappa shape index (κ1) is 16.1. The summed E-state index contributed by atoms with van der Waals surface area (Å²) in [4.78, 5) is 6.51. The highest BCUT2D eigenvalue weighted by Gasteiger charge is 2.37. The van der Waals surface area contributed by atoms with Crippen molar-refractivity contribution in [3.8, 4) is 0 Å². The first-order valence-electron chi connectivity index (χ1n) is 8.01. The Hall–Kier alpha value is -1.79. The minimum atomic E-state index is -0.385. The van der Waals surface area contributed by atoms with Crippen LogP contribution in [-0.4, -0.2) is 38.8 Å². The van der Waals surface area contributed by atoms with Crippen LogP contribution in [0.25, 0.3) is 0 Å². The molecule has 6 heteroatoms. The first-order chi connectivity index (χ1) is 11.0. The molecule has 124 valence electrons. The highest BCUT2D eigenvalue weighted by molar-refractivity contribution is 5.16. The Balaban J connectivity index is 1.66. The number of β-amino-alcohol motifs (C(OH)–C–C–N with tert-alkyl or cyclic N) is 1. The maximum absolute atomic E-state index is 13.3. The summed E-state index contributed by atoms with van der Waals surface area (Å²) in [5, 5.41) is 13.9. The smallest absolute Gasteiger partial charge is 0.244 e. The summed E-state index contributed by atoms with van der Waals surface area (Å²) >= 11 is 0. The van der Waals surface area contributed by atoms with E-state index in [0.717, 1.165) is 18.4 Å². The van der Waals surface area contributed by atoms with Crippen LogP contribution in [0.5, 0.6) is 0 Å². The molecule has 3 atom stereocenters. The van der Waals surface area contributed by atoms with E-state index in [2.05, 4.69) is 22.0 Å². The van der Waals surface area contributed by atoms with Crippen molar-refractivity contribution < 1.29 is 14.0 Å². The maximum atomic E-state index is 13.3. The van der Waals surface area contributed by atoms with Gasteiger partial charge in [-0.15, -0.1) is 0 Å². The van der Waals surface area contributed by atoms with Crippen LogP contribution in [0, 0.1) is 12.7 Å². The fourth-order valence-corrected chi connectivity index (χ4v) is 3.25. The predicted molar refractivity (Wildman–Crippen MR) is 83.3 cm³/mol. The van der Waals surface area contributed by atoms with Crippen LogP contribution in [0.3, 0.4) is 0 Å². The Labute approximate surface area is 135 Å². The number of halogens is 1. The highest BCUT2D eigenvalue weighted by atomic mass is 19.1. The van der Waals surface area contributed by atoms with Gasteiger partial charge in [0.1, 0.15) is 5.82 Å². The molecular formula is C17H22FN3O2. The lowest BCUT2D eigenvalue weighted by Gasteiger charge is -2.28. The number of aromatic nitrogens is 2. The molecule has 0 saturated carbocycles. The van der Waals surface area contributed by atoms with Crippen LogP contribution in [-0.2, 0) is 6.42 Å². The average Bonchev–Trinajstić information content (AvgIpc) is 3.10. The molecule has 2 heterocycles. The third kappa shape index (κ3) is 3.76. The van der Waals surface area contributed by atoms with Crippen molar-refractivity contribution in [2.24, 2.45) is 0 Å².